The fraction of sp³-hybridized carbons (Fsp3) is 0.222. The number of aromatic nitrogens is 2. The van der Waals surface area contributed by atoms with E-state index in [1.165, 1.54) is 35.6 Å². The van der Waals surface area contributed by atoms with Gasteiger partial charge in [0, 0.05) is 16.5 Å². The van der Waals surface area contributed by atoms with Crippen molar-refractivity contribution in [2.45, 2.75) is 11.4 Å². The Balaban J connectivity index is 0.00000306. The number of thiazole rings is 2. The van der Waals surface area contributed by atoms with E-state index in [1.54, 1.807) is 17.7 Å². The molecule has 0 bridgehead atoms. The molecule has 0 aliphatic carbocycles. The van der Waals surface area contributed by atoms with Gasteiger partial charge in [0.25, 0.3) is 11.8 Å². The Labute approximate surface area is 222 Å². The number of carbonyl (C=O) groups excluding carboxylic acids is 3. The largest absolute Gasteiger partial charge is 1.00 e. The molecule has 4 rings (SSSR count). The van der Waals surface area contributed by atoms with Crippen molar-refractivity contribution in [3.8, 4) is 0 Å². The fourth-order valence-corrected chi connectivity index (χ4v) is 5.54. The Morgan fingerprint density at radius 1 is 1.39 bits per heavy atom. The second kappa shape index (κ2) is 10.8. The number of hydrogen-bond acceptors (Lipinski definition) is 12. The maximum absolute atomic E-state index is 12.8. The summed E-state index contributed by atoms with van der Waals surface area (Å²) in [5.41, 5.74) is 8.23. The van der Waals surface area contributed by atoms with Gasteiger partial charge >= 0.3 is 29.6 Å². The summed E-state index contributed by atoms with van der Waals surface area (Å²) in [6.07, 6.45) is 3.28. The number of nitrogens with one attached hydrogen (secondary N) is 1. The molecule has 166 valence electrons. The van der Waals surface area contributed by atoms with Crippen LogP contribution in [0.2, 0.25) is 0 Å². The van der Waals surface area contributed by atoms with Crippen LogP contribution in [-0.2, 0) is 19.2 Å². The molecule has 2 aliphatic heterocycles. The van der Waals surface area contributed by atoms with Crippen LogP contribution in [0.1, 0.15) is 11.4 Å². The van der Waals surface area contributed by atoms with Crippen molar-refractivity contribution in [2.24, 2.45) is 5.16 Å². The van der Waals surface area contributed by atoms with Crippen molar-refractivity contribution < 1.29 is 53.9 Å². The van der Waals surface area contributed by atoms with E-state index in [0.717, 1.165) is 16.2 Å². The normalized spacial score (nSPS) is 20.2. The molecule has 15 heteroatoms. The molecule has 2 aliphatic rings. The van der Waals surface area contributed by atoms with Gasteiger partial charge in [-0.3, -0.25) is 14.5 Å². The number of nitrogens with zero attached hydrogens (tertiary/aromatic N) is 4. The molecule has 11 nitrogen and oxygen atoms in total. The molecule has 0 saturated carbocycles. The second-order valence-electron chi connectivity index (χ2n) is 6.46. The number of β-lactam (4-membered cyclic amide) rings is 1. The summed E-state index contributed by atoms with van der Waals surface area (Å²) in [4.78, 5) is 51.3. The van der Waals surface area contributed by atoms with E-state index in [4.69, 9.17) is 10.6 Å². The van der Waals surface area contributed by atoms with Gasteiger partial charge in [0.15, 0.2) is 10.8 Å². The summed E-state index contributed by atoms with van der Waals surface area (Å²) in [6, 6.07) is -0.941. The maximum atomic E-state index is 12.8. The standard InChI is InChI=1S/C18H16N6O5S3.Na/c1-29-23-11(10-6-32-18(19)21-10)14(25)22-12-15(26)24-13(17(27)28)8(4-31-16(12)24)2-3-9-5-30-7-20-9;/h2-3,5-7,12,16H,4H2,1H3,(H2,19,21)(H,22,25)(H,27,28);/q;+1/p-1/t12?,16-;/m1./s1. The predicted octanol–water partition coefficient (Wildman–Crippen LogP) is -3.35. The molecule has 1 fully saturated rings. The quantitative estimate of drug-likeness (QED) is 0.166. The van der Waals surface area contributed by atoms with Crippen molar-refractivity contribution in [1.29, 1.82) is 0 Å². The summed E-state index contributed by atoms with van der Waals surface area (Å²) in [5, 5.41) is 21.1. The number of hydrogen-bond donors (Lipinski definition) is 2. The Bertz CT molecular complexity index is 1160. The second-order valence-corrected chi connectivity index (χ2v) is 9.18. The number of rotatable bonds is 7. The van der Waals surface area contributed by atoms with Gasteiger partial charge < -0.3 is 25.8 Å². The minimum absolute atomic E-state index is 0. The number of carbonyl (C=O) groups is 3. The molecule has 2 amide bonds. The molecular weight excluding hydrogens is 499 g/mol. The van der Waals surface area contributed by atoms with E-state index in [2.05, 4.69) is 20.4 Å². The zero-order valence-electron chi connectivity index (χ0n) is 17.4. The van der Waals surface area contributed by atoms with Crippen LogP contribution < -0.4 is 45.7 Å². The summed E-state index contributed by atoms with van der Waals surface area (Å²) in [7, 11) is 1.27. The van der Waals surface area contributed by atoms with Crippen molar-refractivity contribution in [2.75, 3.05) is 18.6 Å². The van der Waals surface area contributed by atoms with Gasteiger partial charge in [0.1, 0.15) is 24.2 Å². The fourth-order valence-electron chi connectivity index (χ4n) is 3.15. The molecule has 0 spiro atoms. The number of oxime groups is 1. The molecular formula is C18H15N6NaO5S3. The third-order valence-corrected chi connectivity index (χ3v) is 7.13. The molecule has 33 heavy (non-hydrogen) atoms. The maximum Gasteiger partial charge on any atom is 1.00 e. The van der Waals surface area contributed by atoms with E-state index in [-0.39, 0.29) is 51.8 Å². The van der Waals surface area contributed by atoms with Crippen molar-refractivity contribution in [1.82, 2.24) is 20.2 Å². The van der Waals surface area contributed by atoms with E-state index >= 15 is 0 Å². The minimum Gasteiger partial charge on any atom is -0.543 e. The average molecular weight is 515 g/mol. The number of anilines is 1. The van der Waals surface area contributed by atoms with Crippen LogP contribution in [0.4, 0.5) is 5.13 Å². The zero-order chi connectivity index (χ0) is 22.8. The Morgan fingerprint density at radius 3 is 2.79 bits per heavy atom. The first kappa shape index (κ1) is 25.4. The molecule has 2 aromatic rings. The van der Waals surface area contributed by atoms with Crippen molar-refractivity contribution in [3.63, 3.8) is 0 Å². The van der Waals surface area contributed by atoms with Gasteiger partial charge in [-0.15, -0.1) is 34.4 Å². The number of allylic oxidation sites excluding steroid dienone is 1. The van der Waals surface area contributed by atoms with Gasteiger partial charge in [-0.2, -0.15) is 0 Å². The monoisotopic (exact) mass is 514 g/mol. The van der Waals surface area contributed by atoms with E-state index < -0.39 is 29.2 Å². The van der Waals surface area contributed by atoms with Gasteiger partial charge in [0.05, 0.1) is 22.9 Å². The predicted molar refractivity (Wildman–Crippen MR) is 118 cm³/mol. The van der Waals surface area contributed by atoms with Crippen LogP contribution in [-0.4, -0.2) is 62.6 Å². The number of amides is 2. The molecule has 0 aromatic carbocycles. The summed E-state index contributed by atoms with van der Waals surface area (Å²) in [5.74, 6) is -2.41. The number of carboxylic acids is 1. The number of aliphatic carboxylic acids is 1. The molecule has 4 heterocycles. The van der Waals surface area contributed by atoms with Gasteiger partial charge in [-0.1, -0.05) is 11.2 Å². The molecule has 3 N–H and O–H groups in total. The van der Waals surface area contributed by atoms with Crippen LogP contribution in [0.3, 0.4) is 0 Å². The van der Waals surface area contributed by atoms with Crippen molar-refractivity contribution in [3.05, 3.63) is 45.0 Å². The minimum atomic E-state index is -1.47. The number of fused-ring (bicyclic) bond motifs is 1. The molecule has 0 radical (unpaired) electrons. The first-order valence-electron chi connectivity index (χ1n) is 8.99. The number of thioether (sulfide) groups is 1. The van der Waals surface area contributed by atoms with Crippen LogP contribution in [0.15, 0.2) is 38.8 Å². The zero-order valence-corrected chi connectivity index (χ0v) is 21.8. The smallest absolute Gasteiger partial charge is 0.543 e. The number of carboxylic acid groups (broad SMARTS) is 1. The van der Waals surface area contributed by atoms with Crippen LogP contribution in [0.25, 0.3) is 6.08 Å². The Kier molecular flexibility index (Phi) is 8.31. The molecule has 2 atom stereocenters. The van der Waals surface area contributed by atoms with Crippen molar-refractivity contribution >= 4 is 69.1 Å². The van der Waals surface area contributed by atoms with Crippen LogP contribution >= 0.6 is 34.4 Å². The van der Waals surface area contributed by atoms with Gasteiger partial charge in [0.2, 0.25) is 0 Å². The Hall–Kier alpha value is -2.23. The average Bonchev–Trinajstić information content (AvgIpc) is 3.45. The summed E-state index contributed by atoms with van der Waals surface area (Å²) < 4.78 is 0. The van der Waals surface area contributed by atoms with Gasteiger partial charge in [-0.25, -0.2) is 9.97 Å². The topological polar surface area (TPSA) is 163 Å². The first-order valence-corrected chi connectivity index (χ1v) is 11.9. The Morgan fingerprint density at radius 2 is 2.18 bits per heavy atom. The number of nitrogen functional groups attached to an aromatic ring is 1. The third kappa shape index (κ3) is 5.15. The van der Waals surface area contributed by atoms with E-state index in [0.29, 0.717) is 17.0 Å². The number of nitrogens with two attached hydrogens (primary N) is 1. The SMILES string of the molecule is CON=C(C(=O)NC1C(=O)N2C(C(=O)[O-])=C(C=Cc3cscn3)CS[C@H]12)c1csc(N)n1.[Na+]. The van der Waals surface area contributed by atoms with E-state index in [1.807, 2.05) is 5.38 Å². The third-order valence-electron chi connectivity index (χ3n) is 4.55. The van der Waals surface area contributed by atoms with Crippen LogP contribution in [0.5, 0.6) is 0 Å². The molecule has 1 saturated heterocycles. The summed E-state index contributed by atoms with van der Waals surface area (Å²) >= 11 is 3.86. The molecule has 2 aromatic heterocycles. The summed E-state index contributed by atoms with van der Waals surface area (Å²) in [6.45, 7) is 0. The molecule has 1 unspecified atom stereocenters. The van der Waals surface area contributed by atoms with E-state index in [9.17, 15) is 19.5 Å². The first-order chi connectivity index (χ1) is 15.4. The van der Waals surface area contributed by atoms with Gasteiger partial charge in [-0.05, 0) is 11.6 Å². The van der Waals surface area contributed by atoms with Crippen LogP contribution in [0, 0.1) is 0 Å².